The molecular weight excluding hydrogens is 412 g/mol. The summed E-state index contributed by atoms with van der Waals surface area (Å²) < 4.78 is 10.8. The third-order valence-corrected chi connectivity index (χ3v) is 4.86. The maximum absolute atomic E-state index is 13.3. The van der Waals surface area contributed by atoms with Crippen molar-refractivity contribution in [3.63, 3.8) is 0 Å². The van der Waals surface area contributed by atoms with Gasteiger partial charge in [-0.05, 0) is 39.3 Å². The van der Waals surface area contributed by atoms with E-state index in [2.05, 4.69) is 0 Å². The SMILES string of the molecule is CCC(=O)Oc1c(C(C)=O)c(CC(=O)OC(C)(C)C)cc2c1C(=O)c1ccccc1C2=O. The standard InChI is InChI=1S/C25H24O7/c1-6-18(27)31-24-20(13(2)26)14(12-19(28)32-25(3,4)5)11-17-21(24)23(30)16-10-8-7-9-15(16)22(17)29/h7-11H,6,12H2,1-5H3. The van der Waals surface area contributed by atoms with Crippen molar-refractivity contribution in [1.29, 1.82) is 0 Å². The fraction of sp³-hybridized carbons (Fsp3) is 0.320. The predicted molar refractivity (Wildman–Crippen MR) is 115 cm³/mol. The number of ketones is 3. The molecule has 1 aliphatic rings. The van der Waals surface area contributed by atoms with Gasteiger partial charge in [0.1, 0.15) is 5.60 Å². The van der Waals surface area contributed by atoms with Crippen LogP contribution in [0.1, 0.15) is 88.8 Å². The Kier molecular flexibility index (Phi) is 6.12. The summed E-state index contributed by atoms with van der Waals surface area (Å²) in [6.07, 6.45) is -0.347. The summed E-state index contributed by atoms with van der Waals surface area (Å²) in [5.41, 5.74) is -0.486. The van der Waals surface area contributed by atoms with Gasteiger partial charge in [0, 0.05) is 23.1 Å². The molecule has 0 radical (unpaired) electrons. The summed E-state index contributed by atoms with van der Waals surface area (Å²) in [6, 6.07) is 7.65. The number of esters is 2. The van der Waals surface area contributed by atoms with Crippen LogP contribution in [-0.2, 0) is 20.7 Å². The Bertz CT molecular complexity index is 1170. The first-order valence-corrected chi connectivity index (χ1v) is 10.3. The molecule has 0 saturated carbocycles. The van der Waals surface area contributed by atoms with E-state index in [0.717, 1.165) is 0 Å². The molecule has 1 aliphatic carbocycles. The topological polar surface area (TPSA) is 104 Å². The van der Waals surface area contributed by atoms with Gasteiger partial charge in [0.2, 0.25) is 0 Å². The molecule has 166 valence electrons. The van der Waals surface area contributed by atoms with Gasteiger partial charge in [-0.1, -0.05) is 31.2 Å². The highest BCUT2D eigenvalue weighted by Crippen LogP contribution is 2.38. The number of benzene rings is 2. The van der Waals surface area contributed by atoms with Crippen LogP contribution in [0.25, 0.3) is 0 Å². The van der Waals surface area contributed by atoms with Crippen molar-refractivity contribution < 1.29 is 33.4 Å². The Labute approximate surface area is 185 Å². The smallest absolute Gasteiger partial charge is 0.310 e. The molecule has 7 heteroatoms. The van der Waals surface area contributed by atoms with Gasteiger partial charge < -0.3 is 9.47 Å². The van der Waals surface area contributed by atoms with E-state index in [-0.39, 0.29) is 52.0 Å². The Morgan fingerprint density at radius 1 is 0.906 bits per heavy atom. The lowest BCUT2D eigenvalue weighted by molar-refractivity contribution is -0.153. The van der Waals surface area contributed by atoms with E-state index in [0.29, 0.717) is 0 Å². The molecule has 2 aromatic carbocycles. The lowest BCUT2D eigenvalue weighted by Gasteiger charge is -2.24. The van der Waals surface area contributed by atoms with Gasteiger partial charge in [0.05, 0.1) is 17.5 Å². The molecule has 0 fully saturated rings. The minimum absolute atomic E-state index is 0.0128. The van der Waals surface area contributed by atoms with E-state index in [1.807, 2.05) is 0 Å². The van der Waals surface area contributed by atoms with Crippen LogP contribution in [0.5, 0.6) is 5.75 Å². The third kappa shape index (κ3) is 4.37. The van der Waals surface area contributed by atoms with E-state index in [4.69, 9.17) is 9.47 Å². The lowest BCUT2D eigenvalue weighted by atomic mass is 9.80. The fourth-order valence-corrected chi connectivity index (χ4v) is 3.62. The number of carbonyl (C=O) groups excluding carboxylic acids is 5. The van der Waals surface area contributed by atoms with Gasteiger partial charge in [-0.3, -0.25) is 24.0 Å². The molecule has 0 atom stereocenters. The highest BCUT2D eigenvalue weighted by atomic mass is 16.6. The number of ether oxygens (including phenoxy) is 2. The van der Waals surface area contributed by atoms with Crippen molar-refractivity contribution in [3.05, 3.63) is 63.7 Å². The normalized spacial score (nSPS) is 12.7. The third-order valence-electron chi connectivity index (χ3n) is 4.86. The van der Waals surface area contributed by atoms with E-state index in [1.54, 1.807) is 39.8 Å². The second kappa shape index (κ2) is 8.49. The molecule has 0 unspecified atom stereocenters. The second-order valence-electron chi connectivity index (χ2n) is 8.51. The maximum atomic E-state index is 13.3. The summed E-state index contributed by atoms with van der Waals surface area (Å²) in [6.45, 7) is 7.92. The van der Waals surface area contributed by atoms with Crippen molar-refractivity contribution in [3.8, 4) is 5.75 Å². The molecule has 0 saturated heterocycles. The number of carbonyl (C=O) groups is 5. The van der Waals surface area contributed by atoms with Gasteiger partial charge in [0.15, 0.2) is 23.1 Å². The van der Waals surface area contributed by atoms with E-state index in [9.17, 15) is 24.0 Å². The van der Waals surface area contributed by atoms with Crippen molar-refractivity contribution in [2.75, 3.05) is 0 Å². The van der Waals surface area contributed by atoms with Crippen LogP contribution in [0.4, 0.5) is 0 Å². The zero-order chi connectivity index (χ0) is 23.8. The first-order valence-electron chi connectivity index (χ1n) is 10.3. The molecule has 7 nitrogen and oxygen atoms in total. The Hall–Kier alpha value is -3.61. The second-order valence-corrected chi connectivity index (χ2v) is 8.51. The monoisotopic (exact) mass is 436 g/mol. The molecular formula is C25H24O7. The molecule has 0 heterocycles. The number of hydrogen-bond acceptors (Lipinski definition) is 7. The van der Waals surface area contributed by atoms with Crippen molar-refractivity contribution in [2.45, 2.75) is 53.1 Å². The van der Waals surface area contributed by atoms with Crippen LogP contribution in [0.15, 0.2) is 30.3 Å². The first kappa shape index (κ1) is 23.1. The minimum Gasteiger partial charge on any atom is -0.460 e. The number of fused-ring (bicyclic) bond motifs is 2. The highest BCUT2D eigenvalue weighted by Gasteiger charge is 2.37. The van der Waals surface area contributed by atoms with E-state index >= 15 is 0 Å². The summed E-state index contributed by atoms with van der Waals surface area (Å²) >= 11 is 0. The van der Waals surface area contributed by atoms with Crippen LogP contribution in [0.2, 0.25) is 0 Å². The molecule has 0 bridgehead atoms. The molecule has 2 aromatic rings. The first-order chi connectivity index (χ1) is 14.9. The number of Topliss-reactive ketones (excluding diaryl/α,β-unsaturated/α-hetero) is 1. The van der Waals surface area contributed by atoms with Crippen molar-refractivity contribution in [1.82, 2.24) is 0 Å². The molecule has 0 aromatic heterocycles. The van der Waals surface area contributed by atoms with Gasteiger partial charge in [-0.25, -0.2) is 0 Å². The Balaban J connectivity index is 2.28. The largest absolute Gasteiger partial charge is 0.460 e. The van der Waals surface area contributed by atoms with Crippen LogP contribution in [-0.4, -0.2) is 34.9 Å². The van der Waals surface area contributed by atoms with Crippen LogP contribution < -0.4 is 4.74 Å². The zero-order valence-corrected chi connectivity index (χ0v) is 18.7. The average Bonchev–Trinajstić information content (AvgIpc) is 2.69. The highest BCUT2D eigenvalue weighted by molar-refractivity contribution is 6.30. The molecule has 0 N–H and O–H groups in total. The van der Waals surface area contributed by atoms with Crippen molar-refractivity contribution >= 4 is 29.3 Å². The van der Waals surface area contributed by atoms with Crippen LogP contribution >= 0.6 is 0 Å². The summed E-state index contributed by atoms with van der Waals surface area (Å²) in [5, 5.41) is 0. The van der Waals surface area contributed by atoms with Gasteiger partial charge >= 0.3 is 11.9 Å². The molecule has 0 spiro atoms. The zero-order valence-electron chi connectivity index (χ0n) is 18.7. The van der Waals surface area contributed by atoms with Crippen LogP contribution in [0.3, 0.4) is 0 Å². The lowest BCUT2D eigenvalue weighted by Crippen LogP contribution is -2.27. The van der Waals surface area contributed by atoms with Crippen LogP contribution in [0, 0.1) is 0 Å². The predicted octanol–water partition coefficient (Wildman–Crippen LogP) is 3.86. The summed E-state index contributed by atoms with van der Waals surface area (Å²) in [4.78, 5) is 63.8. The van der Waals surface area contributed by atoms with Gasteiger partial charge in [0.25, 0.3) is 0 Å². The molecule has 0 aliphatic heterocycles. The maximum Gasteiger partial charge on any atom is 0.310 e. The van der Waals surface area contributed by atoms with E-state index < -0.39 is 34.9 Å². The van der Waals surface area contributed by atoms with Gasteiger partial charge in [-0.15, -0.1) is 0 Å². The molecule has 0 amide bonds. The summed E-state index contributed by atoms with van der Waals surface area (Å²) in [7, 11) is 0. The van der Waals surface area contributed by atoms with Gasteiger partial charge in [-0.2, -0.15) is 0 Å². The Morgan fingerprint density at radius 3 is 2.03 bits per heavy atom. The quantitative estimate of drug-likeness (QED) is 0.340. The molecule has 32 heavy (non-hydrogen) atoms. The molecule has 3 rings (SSSR count). The number of hydrogen-bond donors (Lipinski definition) is 0. The Morgan fingerprint density at radius 2 is 1.50 bits per heavy atom. The minimum atomic E-state index is -0.760. The van der Waals surface area contributed by atoms with E-state index in [1.165, 1.54) is 25.1 Å². The number of rotatable bonds is 5. The summed E-state index contributed by atoms with van der Waals surface area (Å²) in [5.74, 6) is -3.08. The van der Waals surface area contributed by atoms with Crippen molar-refractivity contribution in [2.24, 2.45) is 0 Å². The fourth-order valence-electron chi connectivity index (χ4n) is 3.62. The average molecular weight is 436 g/mol.